The first-order chi connectivity index (χ1) is 14.9. The summed E-state index contributed by atoms with van der Waals surface area (Å²) in [5, 5.41) is 3.79. The SMILES string of the molecule is CCOC(=O)c1sc2c(ccc(=O)n2-c2ccc(F)cc2)c1Nc1ccc(F)c(C)c1. The summed E-state index contributed by atoms with van der Waals surface area (Å²) in [6.45, 7) is 3.54. The summed E-state index contributed by atoms with van der Waals surface area (Å²) in [5.41, 5.74) is 1.65. The minimum atomic E-state index is -0.539. The predicted octanol–water partition coefficient (Wildman–Crippen LogP) is 5.56. The number of hydrogen-bond donors (Lipinski definition) is 1. The van der Waals surface area contributed by atoms with E-state index >= 15 is 0 Å². The van der Waals surface area contributed by atoms with Gasteiger partial charge in [0, 0.05) is 17.1 Å². The molecule has 0 amide bonds. The van der Waals surface area contributed by atoms with Crippen LogP contribution in [0.25, 0.3) is 15.9 Å². The molecule has 31 heavy (non-hydrogen) atoms. The van der Waals surface area contributed by atoms with E-state index in [0.29, 0.717) is 32.8 Å². The maximum absolute atomic E-state index is 13.7. The molecule has 0 atom stereocenters. The minimum Gasteiger partial charge on any atom is -0.462 e. The quantitative estimate of drug-likeness (QED) is 0.413. The van der Waals surface area contributed by atoms with Crippen molar-refractivity contribution in [1.29, 1.82) is 0 Å². The number of benzene rings is 2. The highest BCUT2D eigenvalue weighted by Crippen LogP contribution is 2.38. The van der Waals surface area contributed by atoms with E-state index in [1.165, 1.54) is 41.0 Å². The second-order valence-electron chi connectivity index (χ2n) is 6.82. The highest BCUT2D eigenvalue weighted by molar-refractivity contribution is 7.21. The van der Waals surface area contributed by atoms with E-state index in [0.717, 1.165) is 11.3 Å². The van der Waals surface area contributed by atoms with E-state index in [9.17, 15) is 18.4 Å². The summed E-state index contributed by atoms with van der Waals surface area (Å²) in [6, 6.07) is 13.1. The standard InChI is InChI=1S/C23H18F2N2O3S/c1-3-30-23(29)21-20(26-15-6-10-18(25)13(2)12-15)17-9-11-19(28)27(22(17)31-21)16-7-4-14(24)5-8-16/h4-12,26H,3H2,1-2H3. The van der Waals surface area contributed by atoms with Gasteiger partial charge in [0.2, 0.25) is 0 Å². The first-order valence-corrected chi connectivity index (χ1v) is 10.4. The monoisotopic (exact) mass is 440 g/mol. The molecule has 0 aliphatic rings. The van der Waals surface area contributed by atoms with Gasteiger partial charge in [-0.15, -0.1) is 11.3 Å². The number of aryl methyl sites for hydroxylation is 1. The highest BCUT2D eigenvalue weighted by Gasteiger charge is 2.23. The average molecular weight is 440 g/mol. The third-order valence-corrected chi connectivity index (χ3v) is 5.89. The largest absolute Gasteiger partial charge is 0.462 e. The van der Waals surface area contributed by atoms with E-state index < -0.39 is 11.8 Å². The van der Waals surface area contributed by atoms with Crippen molar-refractivity contribution in [2.75, 3.05) is 11.9 Å². The summed E-state index contributed by atoms with van der Waals surface area (Å²) in [6.07, 6.45) is 0. The molecule has 2 aromatic carbocycles. The molecule has 0 aliphatic heterocycles. The van der Waals surface area contributed by atoms with Gasteiger partial charge in [0.1, 0.15) is 21.3 Å². The topological polar surface area (TPSA) is 60.3 Å². The number of anilines is 2. The number of nitrogens with one attached hydrogen (secondary N) is 1. The third kappa shape index (κ3) is 3.94. The fraction of sp³-hybridized carbons (Fsp3) is 0.130. The Labute approximate surface area is 180 Å². The van der Waals surface area contributed by atoms with Gasteiger partial charge in [-0.3, -0.25) is 9.36 Å². The van der Waals surface area contributed by atoms with Gasteiger partial charge >= 0.3 is 5.97 Å². The van der Waals surface area contributed by atoms with Crippen LogP contribution in [0.1, 0.15) is 22.2 Å². The van der Waals surface area contributed by atoms with Gasteiger partial charge in [-0.25, -0.2) is 13.6 Å². The Balaban J connectivity index is 1.94. The second-order valence-corrected chi connectivity index (χ2v) is 7.82. The van der Waals surface area contributed by atoms with Gasteiger partial charge in [0.05, 0.1) is 18.0 Å². The smallest absolute Gasteiger partial charge is 0.350 e. The number of carbonyl (C=O) groups is 1. The number of nitrogens with zero attached hydrogens (tertiary/aromatic N) is 1. The van der Waals surface area contributed by atoms with Crippen LogP contribution < -0.4 is 10.9 Å². The van der Waals surface area contributed by atoms with Crippen LogP contribution in [0.5, 0.6) is 0 Å². The van der Waals surface area contributed by atoms with Crippen molar-refractivity contribution < 1.29 is 18.3 Å². The van der Waals surface area contributed by atoms with Crippen LogP contribution in [-0.4, -0.2) is 17.1 Å². The summed E-state index contributed by atoms with van der Waals surface area (Å²) in [4.78, 5) is 26.1. The van der Waals surface area contributed by atoms with Crippen LogP contribution in [0.3, 0.4) is 0 Å². The molecule has 2 aromatic heterocycles. The lowest BCUT2D eigenvalue weighted by molar-refractivity contribution is 0.0533. The zero-order valence-corrected chi connectivity index (χ0v) is 17.6. The van der Waals surface area contributed by atoms with E-state index in [2.05, 4.69) is 5.32 Å². The molecule has 4 rings (SSSR count). The van der Waals surface area contributed by atoms with Crippen molar-refractivity contribution in [1.82, 2.24) is 4.57 Å². The molecular weight excluding hydrogens is 422 g/mol. The predicted molar refractivity (Wildman–Crippen MR) is 118 cm³/mol. The molecular formula is C23H18F2N2O3S. The lowest BCUT2D eigenvalue weighted by atomic mass is 10.2. The number of pyridine rings is 1. The number of thiophene rings is 1. The molecule has 1 N–H and O–H groups in total. The van der Waals surface area contributed by atoms with E-state index in [4.69, 9.17) is 4.74 Å². The number of carbonyl (C=O) groups excluding carboxylic acids is 1. The molecule has 0 saturated heterocycles. The van der Waals surface area contributed by atoms with Crippen molar-refractivity contribution in [2.24, 2.45) is 0 Å². The van der Waals surface area contributed by atoms with Crippen LogP contribution in [-0.2, 0) is 4.74 Å². The molecule has 0 bridgehead atoms. The fourth-order valence-corrected chi connectivity index (χ4v) is 4.41. The normalized spacial score (nSPS) is 11.0. The molecule has 0 aliphatic carbocycles. The van der Waals surface area contributed by atoms with Crippen molar-refractivity contribution in [3.05, 3.63) is 87.0 Å². The number of hydrogen-bond acceptors (Lipinski definition) is 5. The summed E-state index contributed by atoms with van der Waals surface area (Å²) in [5.74, 6) is -1.30. The molecule has 0 radical (unpaired) electrons. The number of halogens is 2. The molecule has 4 aromatic rings. The van der Waals surface area contributed by atoms with Gasteiger partial charge in [0.15, 0.2) is 0 Å². The lowest BCUT2D eigenvalue weighted by Crippen LogP contribution is -2.16. The summed E-state index contributed by atoms with van der Waals surface area (Å²) < 4.78 is 33.7. The van der Waals surface area contributed by atoms with Crippen molar-refractivity contribution in [3.63, 3.8) is 0 Å². The lowest BCUT2D eigenvalue weighted by Gasteiger charge is -2.10. The molecule has 0 saturated carbocycles. The number of aromatic nitrogens is 1. The van der Waals surface area contributed by atoms with E-state index in [-0.39, 0.29) is 22.9 Å². The molecule has 158 valence electrons. The van der Waals surface area contributed by atoms with Gasteiger partial charge in [-0.05, 0) is 67.9 Å². The molecule has 0 fully saturated rings. The van der Waals surface area contributed by atoms with Gasteiger partial charge < -0.3 is 10.1 Å². The summed E-state index contributed by atoms with van der Waals surface area (Å²) >= 11 is 1.10. The Morgan fingerprint density at radius 3 is 2.52 bits per heavy atom. The third-order valence-electron chi connectivity index (χ3n) is 4.71. The Morgan fingerprint density at radius 1 is 1.10 bits per heavy atom. The van der Waals surface area contributed by atoms with Crippen molar-refractivity contribution in [3.8, 4) is 5.69 Å². The Morgan fingerprint density at radius 2 is 1.84 bits per heavy atom. The number of esters is 1. The Kier molecular flexibility index (Phi) is 5.56. The molecule has 5 nitrogen and oxygen atoms in total. The molecule has 0 unspecified atom stereocenters. The van der Waals surface area contributed by atoms with Crippen LogP contribution >= 0.6 is 11.3 Å². The molecule has 8 heteroatoms. The van der Waals surface area contributed by atoms with Gasteiger partial charge in [-0.1, -0.05) is 0 Å². The fourth-order valence-electron chi connectivity index (χ4n) is 3.25. The van der Waals surface area contributed by atoms with E-state index in [1.807, 2.05) is 0 Å². The molecule has 2 heterocycles. The Hall–Kier alpha value is -3.52. The van der Waals surface area contributed by atoms with Gasteiger partial charge in [-0.2, -0.15) is 0 Å². The first kappa shape index (κ1) is 20.7. The van der Waals surface area contributed by atoms with Gasteiger partial charge in [0.25, 0.3) is 5.56 Å². The number of ether oxygens (including phenoxy) is 1. The second kappa shape index (κ2) is 8.31. The van der Waals surface area contributed by atoms with Crippen LogP contribution in [0, 0.1) is 18.6 Å². The van der Waals surface area contributed by atoms with E-state index in [1.54, 1.807) is 32.0 Å². The minimum absolute atomic E-state index is 0.187. The molecule has 0 spiro atoms. The van der Waals surface area contributed by atoms with Crippen molar-refractivity contribution >= 4 is 38.9 Å². The average Bonchev–Trinajstić information content (AvgIpc) is 3.10. The van der Waals surface area contributed by atoms with Crippen LogP contribution in [0.4, 0.5) is 20.2 Å². The highest BCUT2D eigenvalue weighted by atomic mass is 32.1. The Bertz CT molecular complexity index is 1340. The van der Waals surface area contributed by atoms with Crippen LogP contribution in [0.15, 0.2) is 59.4 Å². The number of rotatable bonds is 5. The maximum Gasteiger partial charge on any atom is 0.350 e. The zero-order chi connectivity index (χ0) is 22.1. The number of fused-ring (bicyclic) bond motifs is 1. The zero-order valence-electron chi connectivity index (χ0n) is 16.7. The maximum atomic E-state index is 13.7. The first-order valence-electron chi connectivity index (χ1n) is 9.54. The van der Waals surface area contributed by atoms with Crippen LogP contribution in [0.2, 0.25) is 0 Å². The van der Waals surface area contributed by atoms with Crippen molar-refractivity contribution in [2.45, 2.75) is 13.8 Å². The summed E-state index contributed by atoms with van der Waals surface area (Å²) in [7, 11) is 0.